The predicted molar refractivity (Wildman–Crippen MR) is 68.7 cm³/mol. The van der Waals surface area contributed by atoms with Gasteiger partial charge in [-0.15, -0.1) is 0 Å². The first-order valence-electron chi connectivity index (χ1n) is 7.01. The first-order valence-corrected chi connectivity index (χ1v) is 7.01. The van der Waals surface area contributed by atoms with E-state index in [9.17, 15) is 14.4 Å². The van der Waals surface area contributed by atoms with Crippen molar-refractivity contribution in [2.45, 2.75) is 45.6 Å². The zero-order chi connectivity index (χ0) is 14.0. The van der Waals surface area contributed by atoms with E-state index in [1.165, 1.54) is 6.92 Å². The monoisotopic (exact) mass is 267 g/mol. The third kappa shape index (κ3) is 2.80. The molecule has 1 amide bonds. The lowest BCUT2D eigenvalue weighted by Crippen LogP contribution is -2.40. The lowest BCUT2D eigenvalue weighted by molar-refractivity contribution is -0.136. The van der Waals surface area contributed by atoms with Crippen LogP contribution in [0, 0.1) is 11.8 Å². The fraction of sp³-hybridized carbons (Fsp3) is 0.786. The Morgan fingerprint density at radius 2 is 2.00 bits per heavy atom. The second kappa shape index (κ2) is 5.72. The lowest BCUT2D eigenvalue weighted by atomic mass is 9.90. The van der Waals surface area contributed by atoms with E-state index < -0.39 is 5.78 Å². The normalized spacial score (nSPS) is 29.2. The second-order valence-electron chi connectivity index (χ2n) is 5.46. The summed E-state index contributed by atoms with van der Waals surface area (Å²) in [6.45, 7) is 4.06. The topological polar surface area (TPSA) is 63.7 Å². The average molecular weight is 267 g/mol. The largest absolute Gasteiger partial charge is 0.450 e. The maximum atomic E-state index is 11.9. The van der Waals surface area contributed by atoms with Crippen LogP contribution in [0.1, 0.15) is 39.5 Å². The molecular weight excluding hydrogens is 246 g/mol. The van der Waals surface area contributed by atoms with Gasteiger partial charge in [-0.3, -0.25) is 9.59 Å². The molecule has 0 N–H and O–H groups in total. The van der Waals surface area contributed by atoms with Crippen LogP contribution in [0.15, 0.2) is 0 Å². The summed E-state index contributed by atoms with van der Waals surface area (Å²) in [7, 11) is 0. The highest BCUT2D eigenvalue weighted by Gasteiger charge is 2.47. The van der Waals surface area contributed by atoms with Crippen LogP contribution in [-0.4, -0.2) is 41.8 Å². The molecule has 2 aliphatic rings. The van der Waals surface area contributed by atoms with E-state index in [-0.39, 0.29) is 24.3 Å². The van der Waals surface area contributed by atoms with Crippen molar-refractivity contribution in [3.63, 3.8) is 0 Å². The number of likely N-dealkylation sites (tertiary alicyclic amines) is 1. The molecule has 19 heavy (non-hydrogen) atoms. The highest BCUT2D eigenvalue weighted by Crippen LogP contribution is 2.43. The van der Waals surface area contributed by atoms with Gasteiger partial charge in [0, 0.05) is 25.9 Å². The minimum atomic E-state index is -0.426. The molecule has 0 bridgehead atoms. The quantitative estimate of drug-likeness (QED) is 0.728. The summed E-state index contributed by atoms with van der Waals surface area (Å²) in [5, 5.41) is 0. The highest BCUT2D eigenvalue weighted by atomic mass is 16.6. The Morgan fingerprint density at radius 1 is 1.26 bits per heavy atom. The van der Waals surface area contributed by atoms with Gasteiger partial charge < -0.3 is 9.64 Å². The van der Waals surface area contributed by atoms with Crippen molar-refractivity contribution in [1.82, 2.24) is 4.90 Å². The van der Waals surface area contributed by atoms with Gasteiger partial charge in [0.15, 0.2) is 11.6 Å². The van der Waals surface area contributed by atoms with Gasteiger partial charge in [-0.1, -0.05) is 6.42 Å². The van der Waals surface area contributed by atoms with Crippen molar-refractivity contribution in [2.75, 3.05) is 13.2 Å². The van der Waals surface area contributed by atoms with Crippen molar-refractivity contribution in [2.24, 2.45) is 11.8 Å². The van der Waals surface area contributed by atoms with Crippen molar-refractivity contribution >= 4 is 17.7 Å². The van der Waals surface area contributed by atoms with Gasteiger partial charge in [0.2, 0.25) is 0 Å². The summed E-state index contributed by atoms with van der Waals surface area (Å²) >= 11 is 0. The number of ether oxygens (including phenoxy) is 1. The van der Waals surface area contributed by atoms with Crippen LogP contribution in [0.2, 0.25) is 0 Å². The van der Waals surface area contributed by atoms with E-state index in [2.05, 4.69) is 0 Å². The Bertz CT molecular complexity index is 393. The minimum Gasteiger partial charge on any atom is -0.450 e. The number of rotatable bonds is 4. The van der Waals surface area contributed by atoms with Crippen molar-refractivity contribution in [3.05, 3.63) is 0 Å². The molecule has 1 saturated heterocycles. The number of nitrogens with zero attached hydrogens (tertiary/aromatic N) is 1. The van der Waals surface area contributed by atoms with Gasteiger partial charge in [-0.05, 0) is 31.6 Å². The molecule has 1 aliphatic carbocycles. The maximum Gasteiger partial charge on any atom is 0.410 e. The zero-order valence-electron chi connectivity index (χ0n) is 11.6. The minimum absolute atomic E-state index is 0.148. The van der Waals surface area contributed by atoms with Crippen molar-refractivity contribution < 1.29 is 19.1 Å². The highest BCUT2D eigenvalue weighted by molar-refractivity contribution is 6.36. The van der Waals surface area contributed by atoms with Gasteiger partial charge in [0.25, 0.3) is 0 Å². The van der Waals surface area contributed by atoms with E-state index in [0.29, 0.717) is 25.0 Å². The number of fused-ring (bicyclic) bond motifs is 1. The van der Waals surface area contributed by atoms with Crippen LogP contribution in [0.4, 0.5) is 4.79 Å². The van der Waals surface area contributed by atoms with Crippen LogP contribution in [-0.2, 0) is 14.3 Å². The standard InChI is InChI=1S/C14H21NO4/c1-3-19-14(18)15-8-10-5-4-6-11(10)12(15)7-13(17)9(2)16/h10-12H,3-8H2,1-2H3. The summed E-state index contributed by atoms with van der Waals surface area (Å²) in [6.07, 6.45) is 3.09. The van der Waals surface area contributed by atoms with Gasteiger partial charge >= 0.3 is 6.09 Å². The Kier molecular flexibility index (Phi) is 4.22. The molecule has 0 aromatic carbocycles. The molecule has 3 atom stereocenters. The number of ketones is 2. The smallest absolute Gasteiger partial charge is 0.410 e. The molecular formula is C14H21NO4. The molecule has 1 saturated carbocycles. The molecule has 1 heterocycles. The van der Waals surface area contributed by atoms with Gasteiger partial charge in [0.05, 0.1) is 6.61 Å². The molecule has 0 radical (unpaired) electrons. The SMILES string of the molecule is CCOC(=O)N1CC2CCCC2C1CC(=O)C(C)=O. The fourth-order valence-corrected chi connectivity index (χ4v) is 3.43. The van der Waals surface area contributed by atoms with E-state index in [4.69, 9.17) is 4.74 Å². The lowest BCUT2D eigenvalue weighted by Gasteiger charge is -2.26. The molecule has 3 unspecified atom stereocenters. The zero-order valence-corrected chi connectivity index (χ0v) is 11.6. The third-order valence-electron chi connectivity index (χ3n) is 4.33. The molecule has 0 aromatic rings. The van der Waals surface area contributed by atoms with Crippen LogP contribution in [0.3, 0.4) is 0 Å². The molecule has 2 fully saturated rings. The summed E-state index contributed by atoms with van der Waals surface area (Å²) in [6, 6.07) is -0.150. The number of Topliss-reactive ketones (excluding diaryl/α,β-unsaturated/α-hetero) is 2. The van der Waals surface area contributed by atoms with Gasteiger partial charge in [-0.25, -0.2) is 4.79 Å². The van der Waals surface area contributed by atoms with E-state index in [1.54, 1.807) is 11.8 Å². The summed E-state index contributed by atoms with van der Waals surface area (Å²) in [5.41, 5.74) is 0. The maximum absolute atomic E-state index is 11.9. The Labute approximate surface area is 113 Å². The summed E-state index contributed by atoms with van der Waals surface area (Å²) in [5.74, 6) is 0.0129. The van der Waals surface area contributed by atoms with Crippen molar-refractivity contribution in [1.29, 1.82) is 0 Å². The number of hydrogen-bond acceptors (Lipinski definition) is 4. The number of hydrogen-bond donors (Lipinski definition) is 0. The molecule has 0 spiro atoms. The summed E-state index contributed by atoms with van der Waals surface area (Å²) < 4.78 is 5.05. The van der Waals surface area contributed by atoms with Crippen LogP contribution in [0.5, 0.6) is 0 Å². The number of amides is 1. The third-order valence-corrected chi connectivity index (χ3v) is 4.33. The van der Waals surface area contributed by atoms with Crippen LogP contribution in [0.25, 0.3) is 0 Å². The van der Waals surface area contributed by atoms with Crippen molar-refractivity contribution in [3.8, 4) is 0 Å². The fourth-order valence-electron chi connectivity index (χ4n) is 3.43. The Hall–Kier alpha value is -1.39. The second-order valence-corrected chi connectivity index (χ2v) is 5.46. The van der Waals surface area contributed by atoms with Gasteiger partial charge in [-0.2, -0.15) is 0 Å². The molecule has 0 aromatic heterocycles. The van der Waals surface area contributed by atoms with E-state index in [1.807, 2.05) is 0 Å². The Balaban J connectivity index is 2.10. The van der Waals surface area contributed by atoms with E-state index >= 15 is 0 Å². The average Bonchev–Trinajstić information content (AvgIpc) is 2.91. The molecule has 106 valence electrons. The number of carbonyl (C=O) groups excluding carboxylic acids is 3. The molecule has 5 nitrogen and oxygen atoms in total. The van der Waals surface area contributed by atoms with Crippen LogP contribution < -0.4 is 0 Å². The van der Waals surface area contributed by atoms with E-state index in [0.717, 1.165) is 19.3 Å². The molecule has 5 heteroatoms. The van der Waals surface area contributed by atoms with Crippen LogP contribution >= 0.6 is 0 Å². The number of carbonyl (C=O) groups is 3. The Morgan fingerprint density at radius 3 is 2.63 bits per heavy atom. The molecule has 2 rings (SSSR count). The first-order chi connectivity index (χ1) is 9.04. The summed E-state index contributed by atoms with van der Waals surface area (Å²) in [4.78, 5) is 36.4. The molecule has 1 aliphatic heterocycles. The predicted octanol–water partition coefficient (Wildman–Crippen LogP) is 1.79. The van der Waals surface area contributed by atoms with Gasteiger partial charge in [0.1, 0.15) is 0 Å². The first kappa shape index (κ1) is 14.0.